The fourth-order valence-electron chi connectivity index (χ4n) is 1.43. The summed E-state index contributed by atoms with van der Waals surface area (Å²) in [5.41, 5.74) is 5.93. The molecule has 7 nitrogen and oxygen atoms in total. The van der Waals surface area contributed by atoms with E-state index >= 15 is 0 Å². The van der Waals surface area contributed by atoms with Crippen molar-refractivity contribution in [3.63, 3.8) is 0 Å². The average Bonchev–Trinajstić information content (AvgIpc) is 2.51. The summed E-state index contributed by atoms with van der Waals surface area (Å²) in [5.74, 6) is 0. The van der Waals surface area contributed by atoms with Crippen LogP contribution < -0.4 is 21.5 Å². The number of nitrogens with zero attached hydrogens (tertiary/aromatic N) is 1. The molecular weight excluding hydrogens is 354 g/mol. The molecule has 1 aromatic rings. The van der Waals surface area contributed by atoms with E-state index in [-0.39, 0.29) is 10.0 Å². The van der Waals surface area contributed by atoms with Gasteiger partial charge in [-0.25, -0.2) is 12.7 Å². The molecule has 0 aliphatic rings. The van der Waals surface area contributed by atoms with E-state index < -0.39 is 10.0 Å². The van der Waals surface area contributed by atoms with Crippen molar-refractivity contribution in [2.75, 3.05) is 26.0 Å². The van der Waals surface area contributed by atoms with Crippen LogP contribution >= 0.6 is 24.4 Å². The maximum Gasteiger partial charge on any atom is 0.242 e. The molecule has 0 bridgehead atoms. The van der Waals surface area contributed by atoms with Gasteiger partial charge in [0.25, 0.3) is 0 Å². The number of rotatable bonds is 5. The third-order valence-electron chi connectivity index (χ3n) is 2.57. The molecule has 0 fully saturated rings. The van der Waals surface area contributed by atoms with Gasteiger partial charge in [-0.3, -0.25) is 10.9 Å². The van der Waals surface area contributed by atoms with Crippen molar-refractivity contribution in [3.05, 3.63) is 36.9 Å². The van der Waals surface area contributed by atoms with Crippen LogP contribution in [0.2, 0.25) is 0 Å². The number of nitrogens with one attached hydrogen (secondary N) is 4. The van der Waals surface area contributed by atoms with Crippen molar-refractivity contribution in [1.29, 1.82) is 0 Å². The molecule has 10 heteroatoms. The van der Waals surface area contributed by atoms with Crippen molar-refractivity contribution in [2.24, 2.45) is 0 Å². The molecule has 1 rings (SSSR count). The second kappa shape index (κ2) is 8.77. The van der Waals surface area contributed by atoms with Crippen LogP contribution in [0.5, 0.6) is 0 Å². The van der Waals surface area contributed by atoms with E-state index in [1.165, 1.54) is 26.2 Å². The third kappa shape index (κ3) is 6.10. The topological polar surface area (TPSA) is 85.5 Å². The molecule has 0 unspecified atom stereocenters. The smallest absolute Gasteiger partial charge is 0.242 e. The summed E-state index contributed by atoms with van der Waals surface area (Å²) in [6, 6.07) is 6.35. The van der Waals surface area contributed by atoms with Gasteiger partial charge in [-0.1, -0.05) is 12.1 Å². The van der Waals surface area contributed by atoms with E-state index in [9.17, 15) is 8.42 Å². The first-order valence-electron chi connectivity index (χ1n) is 6.51. The van der Waals surface area contributed by atoms with Crippen molar-refractivity contribution in [2.45, 2.75) is 4.90 Å². The molecule has 0 atom stereocenters. The number of thiocarbonyl (C=S) groups is 2. The number of hydrogen-bond donors (Lipinski definition) is 4. The molecule has 0 heterocycles. The number of benzene rings is 1. The predicted molar refractivity (Wildman–Crippen MR) is 101 cm³/mol. The van der Waals surface area contributed by atoms with Crippen LogP contribution in [-0.2, 0) is 10.0 Å². The van der Waals surface area contributed by atoms with Crippen LogP contribution in [0.4, 0.5) is 5.69 Å². The van der Waals surface area contributed by atoms with Crippen molar-refractivity contribution in [3.8, 4) is 0 Å². The molecule has 126 valence electrons. The minimum absolute atomic E-state index is 0.173. The highest BCUT2D eigenvalue weighted by molar-refractivity contribution is 7.89. The second-order valence-corrected chi connectivity index (χ2v) is 7.49. The second-order valence-electron chi connectivity index (χ2n) is 4.52. The Bertz CT molecular complexity index is 689. The Morgan fingerprint density at radius 1 is 1.26 bits per heavy atom. The molecular formula is C13H19N5O2S3. The molecule has 0 aliphatic carbocycles. The maximum atomic E-state index is 12.1. The zero-order chi connectivity index (χ0) is 17.5. The molecule has 0 aliphatic heterocycles. The van der Waals surface area contributed by atoms with Crippen LogP contribution in [0.25, 0.3) is 0 Å². The Kier molecular flexibility index (Phi) is 7.36. The monoisotopic (exact) mass is 373 g/mol. The molecule has 0 spiro atoms. The zero-order valence-corrected chi connectivity index (χ0v) is 15.2. The summed E-state index contributed by atoms with van der Waals surface area (Å²) in [6.45, 7) is 4.09. The fourth-order valence-corrected chi connectivity index (χ4v) is 2.68. The van der Waals surface area contributed by atoms with Crippen LogP contribution in [0.1, 0.15) is 0 Å². The quantitative estimate of drug-likeness (QED) is 0.342. The lowest BCUT2D eigenvalue weighted by atomic mass is 10.3. The molecule has 0 saturated heterocycles. The molecule has 0 radical (unpaired) electrons. The van der Waals surface area contributed by atoms with E-state index in [0.29, 0.717) is 17.3 Å². The summed E-state index contributed by atoms with van der Waals surface area (Å²) in [7, 11) is -0.547. The first-order valence-corrected chi connectivity index (χ1v) is 8.77. The highest BCUT2D eigenvalue weighted by atomic mass is 32.2. The van der Waals surface area contributed by atoms with Gasteiger partial charge in [-0.15, -0.1) is 6.58 Å². The zero-order valence-electron chi connectivity index (χ0n) is 12.8. The Balaban J connectivity index is 2.66. The Morgan fingerprint density at radius 3 is 2.52 bits per heavy atom. The number of hydrogen-bond acceptors (Lipinski definition) is 4. The van der Waals surface area contributed by atoms with Crippen molar-refractivity contribution >= 4 is 50.4 Å². The third-order valence-corrected chi connectivity index (χ3v) is 4.83. The lowest BCUT2D eigenvalue weighted by Crippen LogP contribution is -2.48. The van der Waals surface area contributed by atoms with E-state index in [2.05, 4.69) is 28.1 Å². The first-order chi connectivity index (χ1) is 10.8. The van der Waals surface area contributed by atoms with Gasteiger partial charge in [0, 0.05) is 26.3 Å². The van der Waals surface area contributed by atoms with E-state index in [1.807, 2.05) is 0 Å². The van der Waals surface area contributed by atoms with Crippen molar-refractivity contribution in [1.82, 2.24) is 20.5 Å². The highest BCUT2D eigenvalue weighted by Crippen LogP contribution is 2.17. The Morgan fingerprint density at radius 2 is 1.91 bits per heavy atom. The number of hydrazine groups is 1. The van der Waals surface area contributed by atoms with E-state index in [4.69, 9.17) is 24.4 Å². The van der Waals surface area contributed by atoms with Gasteiger partial charge in [0.1, 0.15) is 0 Å². The largest absolute Gasteiger partial charge is 0.358 e. The number of sulfonamides is 1. The normalized spacial score (nSPS) is 10.7. The van der Waals surface area contributed by atoms with Crippen LogP contribution in [0.15, 0.2) is 41.8 Å². The highest BCUT2D eigenvalue weighted by Gasteiger charge is 2.17. The summed E-state index contributed by atoms with van der Waals surface area (Å²) >= 11 is 10.1. The van der Waals surface area contributed by atoms with Crippen molar-refractivity contribution < 1.29 is 8.42 Å². The summed E-state index contributed by atoms with van der Waals surface area (Å²) < 4.78 is 25.3. The van der Waals surface area contributed by atoms with Gasteiger partial charge in [-0.2, -0.15) is 0 Å². The fraction of sp³-hybridized carbons (Fsp3) is 0.231. The summed E-state index contributed by atoms with van der Waals surface area (Å²) in [5, 5.41) is 6.33. The average molecular weight is 374 g/mol. The summed E-state index contributed by atoms with van der Waals surface area (Å²) in [6.07, 6.45) is 1.67. The van der Waals surface area contributed by atoms with Crippen LogP contribution in [-0.4, -0.2) is 43.6 Å². The molecule has 0 aromatic heterocycles. The maximum absolute atomic E-state index is 12.1. The van der Waals surface area contributed by atoms with Gasteiger partial charge in [0.2, 0.25) is 10.0 Å². The molecule has 0 saturated carbocycles. The molecule has 4 N–H and O–H groups in total. The van der Waals surface area contributed by atoms with Gasteiger partial charge in [0.15, 0.2) is 10.2 Å². The van der Waals surface area contributed by atoms with E-state index in [0.717, 1.165) is 4.31 Å². The minimum atomic E-state index is -3.50. The predicted octanol–water partition coefficient (Wildman–Crippen LogP) is 0.788. The minimum Gasteiger partial charge on any atom is -0.358 e. The van der Waals surface area contributed by atoms with Gasteiger partial charge in [0.05, 0.1) is 4.90 Å². The molecule has 0 amide bonds. The van der Waals surface area contributed by atoms with Crippen LogP contribution in [0, 0.1) is 0 Å². The Hall–Kier alpha value is -1.75. The number of anilines is 1. The van der Waals surface area contributed by atoms with Gasteiger partial charge in [-0.05, 0) is 42.6 Å². The standard InChI is InChI=1S/C13H19N5O2S3/c1-4-8-14-12(21)16-17-13(22)15-10-6-5-7-11(9-10)23(19,20)18(2)3/h4-7,9H,1,8H2,2-3H3,(H2,14,16,21)(H2,15,17,22). The van der Waals surface area contributed by atoms with Gasteiger partial charge >= 0.3 is 0 Å². The first kappa shape index (κ1) is 19.3. The van der Waals surface area contributed by atoms with Gasteiger partial charge < -0.3 is 10.6 Å². The lowest BCUT2D eigenvalue weighted by molar-refractivity contribution is 0.521. The Labute approximate surface area is 147 Å². The molecule has 23 heavy (non-hydrogen) atoms. The van der Waals surface area contributed by atoms with E-state index in [1.54, 1.807) is 18.2 Å². The summed E-state index contributed by atoms with van der Waals surface area (Å²) in [4.78, 5) is 0.173. The SMILES string of the molecule is C=CCNC(=S)NNC(=S)Nc1cccc(S(=O)(=O)N(C)C)c1. The van der Waals surface area contributed by atoms with Crippen LogP contribution in [0.3, 0.4) is 0 Å². The lowest BCUT2D eigenvalue weighted by Gasteiger charge is -2.15. The molecule has 1 aromatic carbocycles.